The topological polar surface area (TPSA) is 12.0 Å². The third-order valence-corrected chi connectivity index (χ3v) is 4.21. The molecule has 0 saturated heterocycles. The fraction of sp³-hybridized carbons (Fsp3) is 1.00. The van der Waals surface area contributed by atoms with Gasteiger partial charge in [0.25, 0.3) is 0 Å². The van der Waals surface area contributed by atoms with E-state index in [2.05, 4.69) is 19.2 Å². The molecule has 1 N–H and O–H groups in total. The molecular weight excluding hydrogens is 158 g/mol. The van der Waals surface area contributed by atoms with Gasteiger partial charge < -0.3 is 5.32 Å². The zero-order valence-electron chi connectivity index (χ0n) is 9.16. The third-order valence-electron chi connectivity index (χ3n) is 4.21. The second kappa shape index (κ2) is 3.27. The highest BCUT2D eigenvalue weighted by atomic mass is 15.0. The van der Waals surface area contributed by atoms with E-state index in [9.17, 15) is 0 Å². The number of rotatable bonds is 3. The molecule has 2 rings (SSSR count). The average molecular weight is 181 g/mol. The summed E-state index contributed by atoms with van der Waals surface area (Å²) in [5, 5.41) is 3.78. The maximum Gasteiger partial charge on any atom is 0.0153 e. The Morgan fingerprint density at radius 2 is 1.54 bits per heavy atom. The van der Waals surface area contributed by atoms with Crippen molar-refractivity contribution in [1.29, 1.82) is 0 Å². The minimum atomic E-state index is 0.506. The zero-order chi connectivity index (χ0) is 9.36. The van der Waals surface area contributed by atoms with E-state index in [0.29, 0.717) is 11.0 Å². The standard InChI is InChI=1S/C12H23N/c1-11(6-3-4-7-11)10-13-12(2)8-5-9-12/h13H,3-10H2,1-2H3. The molecule has 0 radical (unpaired) electrons. The van der Waals surface area contributed by atoms with Gasteiger partial charge in [-0.2, -0.15) is 0 Å². The van der Waals surface area contributed by atoms with Crippen molar-refractivity contribution in [2.24, 2.45) is 5.41 Å². The fourth-order valence-electron chi connectivity index (χ4n) is 2.72. The Hall–Kier alpha value is -0.0400. The molecule has 0 unspecified atom stereocenters. The highest BCUT2D eigenvalue weighted by molar-refractivity contribution is 4.94. The molecular formula is C12H23N. The molecule has 2 saturated carbocycles. The van der Waals surface area contributed by atoms with Crippen molar-refractivity contribution >= 4 is 0 Å². The van der Waals surface area contributed by atoms with E-state index < -0.39 is 0 Å². The van der Waals surface area contributed by atoms with Gasteiger partial charge in [-0.15, -0.1) is 0 Å². The van der Waals surface area contributed by atoms with Crippen LogP contribution in [0.15, 0.2) is 0 Å². The van der Waals surface area contributed by atoms with Crippen LogP contribution in [0.3, 0.4) is 0 Å². The van der Waals surface area contributed by atoms with E-state index in [1.165, 1.54) is 51.5 Å². The van der Waals surface area contributed by atoms with Gasteiger partial charge in [-0.25, -0.2) is 0 Å². The molecule has 0 aliphatic heterocycles. The van der Waals surface area contributed by atoms with Crippen molar-refractivity contribution in [3.05, 3.63) is 0 Å². The van der Waals surface area contributed by atoms with Gasteiger partial charge >= 0.3 is 0 Å². The maximum atomic E-state index is 3.78. The lowest BCUT2D eigenvalue weighted by molar-refractivity contribution is 0.172. The van der Waals surface area contributed by atoms with Crippen molar-refractivity contribution in [2.45, 2.75) is 64.3 Å². The lowest BCUT2D eigenvalue weighted by Gasteiger charge is -2.42. The summed E-state index contributed by atoms with van der Waals surface area (Å²) in [7, 11) is 0. The van der Waals surface area contributed by atoms with Gasteiger partial charge in [0.1, 0.15) is 0 Å². The largest absolute Gasteiger partial charge is 0.311 e. The zero-order valence-corrected chi connectivity index (χ0v) is 9.16. The Labute approximate surface area is 82.3 Å². The molecule has 1 heteroatoms. The van der Waals surface area contributed by atoms with E-state index in [1.54, 1.807) is 0 Å². The second-order valence-electron chi connectivity index (χ2n) is 5.79. The second-order valence-corrected chi connectivity index (χ2v) is 5.79. The predicted octanol–water partition coefficient (Wildman–Crippen LogP) is 3.10. The summed E-state index contributed by atoms with van der Waals surface area (Å²) >= 11 is 0. The summed E-state index contributed by atoms with van der Waals surface area (Å²) in [6, 6.07) is 0. The Morgan fingerprint density at radius 1 is 0.923 bits per heavy atom. The minimum Gasteiger partial charge on any atom is -0.311 e. The molecule has 0 aromatic heterocycles. The van der Waals surface area contributed by atoms with Crippen LogP contribution < -0.4 is 5.32 Å². The van der Waals surface area contributed by atoms with Gasteiger partial charge in [0.2, 0.25) is 0 Å². The minimum absolute atomic E-state index is 0.506. The SMILES string of the molecule is CC1(CNC2(C)CCC2)CCCC1. The summed E-state index contributed by atoms with van der Waals surface area (Å²) in [4.78, 5) is 0. The average Bonchev–Trinajstić information content (AvgIpc) is 2.46. The first kappa shape index (κ1) is 9.51. The number of hydrogen-bond acceptors (Lipinski definition) is 1. The lowest BCUT2D eigenvalue weighted by atomic mass is 9.77. The third kappa shape index (κ3) is 2.07. The summed E-state index contributed by atoms with van der Waals surface area (Å²) in [5.41, 5.74) is 1.13. The van der Waals surface area contributed by atoms with Crippen LogP contribution in [0.1, 0.15) is 58.8 Å². The van der Waals surface area contributed by atoms with Crippen LogP contribution >= 0.6 is 0 Å². The molecule has 13 heavy (non-hydrogen) atoms. The van der Waals surface area contributed by atoms with Crippen molar-refractivity contribution in [2.75, 3.05) is 6.54 Å². The van der Waals surface area contributed by atoms with Crippen LogP contribution in [-0.4, -0.2) is 12.1 Å². The molecule has 2 aliphatic rings. The number of nitrogens with one attached hydrogen (secondary N) is 1. The van der Waals surface area contributed by atoms with E-state index >= 15 is 0 Å². The smallest absolute Gasteiger partial charge is 0.0153 e. The molecule has 76 valence electrons. The normalized spacial score (nSPS) is 30.0. The van der Waals surface area contributed by atoms with Crippen molar-refractivity contribution in [1.82, 2.24) is 5.32 Å². The molecule has 0 spiro atoms. The van der Waals surface area contributed by atoms with Gasteiger partial charge in [-0.3, -0.25) is 0 Å². The lowest BCUT2D eigenvalue weighted by Crippen LogP contribution is -2.51. The van der Waals surface area contributed by atoms with Gasteiger partial charge in [-0.05, 0) is 44.4 Å². The number of hydrogen-bond donors (Lipinski definition) is 1. The van der Waals surface area contributed by atoms with Gasteiger partial charge in [0.05, 0.1) is 0 Å². The van der Waals surface area contributed by atoms with E-state index in [-0.39, 0.29) is 0 Å². The first-order chi connectivity index (χ1) is 6.12. The van der Waals surface area contributed by atoms with Crippen molar-refractivity contribution in [3.8, 4) is 0 Å². The molecule has 2 fully saturated rings. The molecule has 0 atom stereocenters. The molecule has 0 aromatic carbocycles. The molecule has 0 heterocycles. The van der Waals surface area contributed by atoms with Crippen molar-refractivity contribution < 1.29 is 0 Å². The Bertz CT molecular complexity index is 176. The molecule has 0 aromatic rings. The summed E-state index contributed by atoms with van der Waals surface area (Å²) in [6.07, 6.45) is 10.0. The van der Waals surface area contributed by atoms with Gasteiger partial charge in [-0.1, -0.05) is 19.8 Å². The van der Waals surface area contributed by atoms with Crippen LogP contribution in [0.4, 0.5) is 0 Å². The first-order valence-corrected chi connectivity index (χ1v) is 5.87. The quantitative estimate of drug-likeness (QED) is 0.705. The molecule has 2 aliphatic carbocycles. The molecule has 0 bridgehead atoms. The van der Waals surface area contributed by atoms with Crippen LogP contribution in [-0.2, 0) is 0 Å². The molecule has 0 amide bonds. The van der Waals surface area contributed by atoms with Gasteiger partial charge in [0, 0.05) is 12.1 Å². The first-order valence-electron chi connectivity index (χ1n) is 5.87. The highest BCUT2D eigenvalue weighted by Crippen LogP contribution is 2.38. The van der Waals surface area contributed by atoms with Crippen molar-refractivity contribution in [3.63, 3.8) is 0 Å². The summed E-state index contributed by atoms with van der Waals surface area (Å²) in [5.74, 6) is 0. The Kier molecular flexibility index (Phi) is 2.39. The van der Waals surface area contributed by atoms with Crippen LogP contribution in [0, 0.1) is 5.41 Å². The molecule has 1 nitrogen and oxygen atoms in total. The Morgan fingerprint density at radius 3 is 2.00 bits per heavy atom. The predicted molar refractivity (Wildman–Crippen MR) is 56.8 cm³/mol. The maximum absolute atomic E-state index is 3.78. The monoisotopic (exact) mass is 181 g/mol. The fourth-order valence-corrected chi connectivity index (χ4v) is 2.72. The van der Waals surface area contributed by atoms with Crippen LogP contribution in [0.2, 0.25) is 0 Å². The van der Waals surface area contributed by atoms with E-state index in [1.807, 2.05) is 0 Å². The van der Waals surface area contributed by atoms with Crippen LogP contribution in [0.25, 0.3) is 0 Å². The van der Waals surface area contributed by atoms with E-state index in [4.69, 9.17) is 0 Å². The Balaban J connectivity index is 1.77. The van der Waals surface area contributed by atoms with E-state index in [0.717, 1.165) is 0 Å². The van der Waals surface area contributed by atoms with Gasteiger partial charge in [0.15, 0.2) is 0 Å². The van der Waals surface area contributed by atoms with Crippen LogP contribution in [0.5, 0.6) is 0 Å². The summed E-state index contributed by atoms with van der Waals surface area (Å²) in [6.45, 7) is 6.09. The highest BCUT2D eigenvalue weighted by Gasteiger charge is 2.35. The summed E-state index contributed by atoms with van der Waals surface area (Å²) < 4.78 is 0.